The summed E-state index contributed by atoms with van der Waals surface area (Å²) in [4.78, 5) is 21.4. The summed E-state index contributed by atoms with van der Waals surface area (Å²) in [6.45, 7) is 3.06. The molecule has 0 saturated carbocycles. The van der Waals surface area contributed by atoms with Crippen LogP contribution in [0.3, 0.4) is 0 Å². The molecule has 0 atom stereocenters. The molecular formula is C9H9N2O4+. The fraction of sp³-hybridized carbons (Fsp3) is 0.111. The largest absolute Gasteiger partial charge is 0.337 e. The zero-order valence-corrected chi connectivity index (χ0v) is 8.04. The van der Waals surface area contributed by atoms with Crippen molar-refractivity contribution < 1.29 is 14.2 Å². The van der Waals surface area contributed by atoms with Crippen LogP contribution in [0, 0.1) is 10.1 Å². The summed E-state index contributed by atoms with van der Waals surface area (Å²) in [6, 6.07) is 5.38. The summed E-state index contributed by atoms with van der Waals surface area (Å²) in [7, 11) is 1.37. The Bertz CT molecular complexity index is 416. The average Bonchev–Trinajstić information content (AvgIpc) is 2.27. The molecule has 78 valence electrons. The van der Waals surface area contributed by atoms with E-state index in [2.05, 4.69) is 11.3 Å². The second-order valence-corrected chi connectivity index (χ2v) is 2.74. The lowest BCUT2D eigenvalue weighted by Gasteiger charge is -1.99. The van der Waals surface area contributed by atoms with E-state index in [0.29, 0.717) is 0 Å². The van der Waals surface area contributed by atoms with Crippen molar-refractivity contribution in [3.05, 3.63) is 39.9 Å². The van der Waals surface area contributed by atoms with E-state index in [1.165, 1.54) is 31.3 Å². The Morgan fingerprint density at radius 3 is 2.80 bits per heavy atom. The lowest BCUT2D eigenvalue weighted by Crippen LogP contribution is -2.23. The van der Waals surface area contributed by atoms with Crippen molar-refractivity contribution in [1.82, 2.24) is 5.06 Å². The standard InChI is InChI=1S/C9H9N2O4/c1-10(15-2)9(12)7-4-3-5-8(6-7)11(13)14/h3-6H,2H2,1H3/q+1. The maximum atomic E-state index is 11.5. The van der Waals surface area contributed by atoms with Crippen LogP contribution < -0.4 is 0 Å². The number of nitrogens with zero attached hydrogens (tertiary/aromatic N) is 2. The van der Waals surface area contributed by atoms with E-state index in [4.69, 9.17) is 0 Å². The molecule has 0 spiro atoms. The predicted octanol–water partition coefficient (Wildman–Crippen LogP) is 0.946. The molecule has 1 amide bonds. The van der Waals surface area contributed by atoms with Gasteiger partial charge >= 0.3 is 12.7 Å². The second-order valence-electron chi connectivity index (χ2n) is 2.74. The zero-order valence-electron chi connectivity index (χ0n) is 8.04. The third-order valence-corrected chi connectivity index (χ3v) is 1.78. The van der Waals surface area contributed by atoms with Crippen LogP contribution in [0.15, 0.2) is 24.3 Å². The van der Waals surface area contributed by atoms with Crippen LogP contribution in [0.5, 0.6) is 0 Å². The quantitative estimate of drug-likeness (QED) is 0.422. The second kappa shape index (κ2) is 4.32. The average molecular weight is 209 g/mol. The molecule has 1 rings (SSSR count). The van der Waals surface area contributed by atoms with E-state index in [1.54, 1.807) is 0 Å². The number of carbonyl (C=O) groups excluding carboxylic acids is 2. The maximum absolute atomic E-state index is 11.5. The normalized spacial score (nSPS) is 9.40. The topological polar surface area (TPSA) is 74.8 Å². The number of non-ortho nitro benzene ring substituents is 1. The van der Waals surface area contributed by atoms with Gasteiger partial charge in [0.25, 0.3) is 5.69 Å². The van der Waals surface area contributed by atoms with Crippen LogP contribution >= 0.6 is 0 Å². The Morgan fingerprint density at radius 2 is 2.27 bits per heavy atom. The summed E-state index contributed by atoms with van der Waals surface area (Å²) in [6.07, 6.45) is 0. The lowest BCUT2D eigenvalue weighted by atomic mass is 10.2. The summed E-state index contributed by atoms with van der Waals surface area (Å²) in [5.41, 5.74) is 0.0358. The zero-order chi connectivity index (χ0) is 11.4. The van der Waals surface area contributed by atoms with Crippen LogP contribution in [-0.4, -0.2) is 29.7 Å². The van der Waals surface area contributed by atoms with Crippen LogP contribution in [0.25, 0.3) is 0 Å². The molecular weight excluding hydrogens is 200 g/mol. The van der Waals surface area contributed by atoms with E-state index in [1.807, 2.05) is 0 Å². The highest BCUT2D eigenvalue weighted by Crippen LogP contribution is 2.13. The van der Waals surface area contributed by atoms with Crippen molar-refractivity contribution in [2.24, 2.45) is 0 Å². The summed E-state index contributed by atoms with van der Waals surface area (Å²) in [5, 5.41) is 11.3. The van der Waals surface area contributed by atoms with Crippen LogP contribution in [-0.2, 0) is 4.53 Å². The molecule has 0 aliphatic heterocycles. The predicted molar refractivity (Wildman–Crippen MR) is 52.3 cm³/mol. The van der Waals surface area contributed by atoms with Crippen molar-refractivity contribution in [2.45, 2.75) is 0 Å². The van der Waals surface area contributed by atoms with Gasteiger partial charge in [-0.1, -0.05) is 6.07 Å². The molecule has 6 heteroatoms. The molecule has 0 unspecified atom stereocenters. The summed E-state index contributed by atoms with van der Waals surface area (Å²) < 4.78 is 4.43. The van der Waals surface area contributed by atoms with Gasteiger partial charge in [0.15, 0.2) is 0 Å². The first-order valence-corrected chi connectivity index (χ1v) is 4.01. The van der Waals surface area contributed by atoms with Gasteiger partial charge in [-0.25, -0.2) is 0 Å². The van der Waals surface area contributed by atoms with Crippen molar-refractivity contribution in [3.63, 3.8) is 0 Å². The van der Waals surface area contributed by atoms with Gasteiger partial charge in [-0.15, -0.1) is 4.53 Å². The monoisotopic (exact) mass is 209 g/mol. The van der Waals surface area contributed by atoms with E-state index in [9.17, 15) is 14.9 Å². The number of nitro benzene ring substituents is 1. The van der Waals surface area contributed by atoms with E-state index in [-0.39, 0.29) is 11.3 Å². The van der Waals surface area contributed by atoms with Gasteiger partial charge < -0.3 is 0 Å². The first-order chi connectivity index (χ1) is 7.06. The van der Waals surface area contributed by atoms with E-state index >= 15 is 0 Å². The SMILES string of the molecule is C=[O+]N(C)C(=O)c1cccc([N+](=O)[O-])c1. The van der Waals surface area contributed by atoms with Gasteiger partial charge in [0.1, 0.15) is 0 Å². The first-order valence-electron chi connectivity index (χ1n) is 4.01. The number of hydrogen-bond donors (Lipinski definition) is 0. The number of amides is 1. The van der Waals surface area contributed by atoms with Crippen molar-refractivity contribution in [1.29, 1.82) is 0 Å². The molecule has 0 fully saturated rings. The fourth-order valence-electron chi connectivity index (χ4n) is 0.993. The van der Waals surface area contributed by atoms with Gasteiger partial charge in [0.05, 0.1) is 17.5 Å². The highest BCUT2D eigenvalue weighted by atomic mass is 16.6. The Morgan fingerprint density at radius 1 is 1.60 bits per heavy atom. The Hall–Kier alpha value is -2.24. The maximum Gasteiger partial charge on any atom is 0.337 e. The number of carbonyl (C=O) groups is 1. The van der Waals surface area contributed by atoms with Gasteiger partial charge in [-0.3, -0.25) is 14.9 Å². The molecule has 0 aliphatic carbocycles. The third-order valence-electron chi connectivity index (χ3n) is 1.78. The summed E-state index contributed by atoms with van der Waals surface area (Å²) >= 11 is 0. The number of nitro groups is 1. The molecule has 0 N–H and O–H groups in total. The Kier molecular flexibility index (Phi) is 3.12. The van der Waals surface area contributed by atoms with Gasteiger partial charge in [-0.2, -0.15) is 0 Å². The van der Waals surface area contributed by atoms with Crippen molar-refractivity contribution >= 4 is 18.4 Å². The smallest absolute Gasteiger partial charge is 0.260 e. The molecule has 0 aliphatic rings. The highest BCUT2D eigenvalue weighted by Gasteiger charge is 2.19. The number of hydrogen-bond acceptors (Lipinski definition) is 3. The molecule has 6 nitrogen and oxygen atoms in total. The molecule has 1 aromatic carbocycles. The van der Waals surface area contributed by atoms with Gasteiger partial charge in [-0.05, 0) is 6.07 Å². The fourth-order valence-corrected chi connectivity index (χ4v) is 0.993. The van der Waals surface area contributed by atoms with Crippen LogP contribution in [0.2, 0.25) is 0 Å². The number of hydroxylamine groups is 2. The molecule has 1 aromatic rings. The van der Waals surface area contributed by atoms with Crippen LogP contribution in [0.4, 0.5) is 5.69 Å². The molecule has 0 saturated heterocycles. The molecule has 15 heavy (non-hydrogen) atoms. The van der Waals surface area contributed by atoms with E-state index < -0.39 is 10.8 Å². The Labute approximate surface area is 85.5 Å². The minimum atomic E-state index is -0.568. The molecule has 0 aromatic heterocycles. The molecule has 0 heterocycles. The number of rotatable bonds is 3. The van der Waals surface area contributed by atoms with Gasteiger partial charge in [0, 0.05) is 17.2 Å². The first kappa shape index (κ1) is 10.8. The number of benzene rings is 1. The van der Waals surface area contributed by atoms with Crippen molar-refractivity contribution in [2.75, 3.05) is 7.05 Å². The Balaban J connectivity index is 3.05. The van der Waals surface area contributed by atoms with Crippen LogP contribution in [0.1, 0.15) is 10.4 Å². The minimum Gasteiger partial charge on any atom is -0.260 e. The lowest BCUT2D eigenvalue weighted by molar-refractivity contribution is -0.605. The van der Waals surface area contributed by atoms with Gasteiger partial charge in [0.2, 0.25) is 0 Å². The minimum absolute atomic E-state index is 0.140. The van der Waals surface area contributed by atoms with Crippen molar-refractivity contribution in [3.8, 4) is 0 Å². The van der Waals surface area contributed by atoms with E-state index in [0.717, 1.165) is 5.06 Å². The highest BCUT2D eigenvalue weighted by molar-refractivity contribution is 5.93. The third kappa shape index (κ3) is 2.37. The molecule has 0 bridgehead atoms. The summed E-state index contributed by atoms with van der Waals surface area (Å²) in [5.74, 6) is -0.492. The molecule has 0 radical (unpaired) electrons.